The SMILES string of the molecule is CCCCCCCCCCCCOCCCNC(=O)NNc1cnc(S(=O)(=O)CCCCCCCC)cn1. The maximum absolute atomic E-state index is 12.4. The number of nitrogens with zero attached hydrogens (tertiary/aromatic N) is 2. The van der Waals surface area contributed by atoms with Gasteiger partial charge in [0.25, 0.3) is 0 Å². The van der Waals surface area contributed by atoms with Crippen LogP contribution in [0.4, 0.5) is 10.6 Å². The van der Waals surface area contributed by atoms with Crippen molar-refractivity contribution in [1.29, 1.82) is 0 Å². The molecular formula is C28H53N5O4S. The van der Waals surface area contributed by atoms with E-state index in [2.05, 4.69) is 40.0 Å². The van der Waals surface area contributed by atoms with Gasteiger partial charge in [0.1, 0.15) is 0 Å². The molecule has 1 rings (SSSR count). The van der Waals surface area contributed by atoms with Crippen LogP contribution in [0, 0.1) is 0 Å². The van der Waals surface area contributed by atoms with Crippen molar-refractivity contribution in [2.24, 2.45) is 0 Å². The van der Waals surface area contributed by atoms with E-state index >= 15 is 0 Å². The second-order valence-corrected chi connectivity index (χ2v) is 12.0. The van der Waals surface area contributed by atoms with Gasteiger partial charge in [-0.2, -0.15) is 0 Å². The number of amides is 2. The van der Waals surface area contributed by atoms with Gasteiger partial charge in [-0.05, 0) is 19.3 Å². The number of aromatic nitrogens is 2. The van der Waals surface area contributed by atoms with E-state index in [0.717, 1.165) is 38.7 Å². The quantitative estimate of drug-likeness (QED) is 0.0921. The highest BCUT2D eigenvalue weighted by atomic mass is 32.2. The number of hydrazine groups is 1. The third-order valence-electron chi connectivity index (χ3n) is 6.41. The molecule has 220 valence electrons. The highest BCUT2D eigenvalue weighted by Gasteiger charge is 2.16. The van der Waals surface area contributed by atoms with Crippen LogP contribution >= 0.6 is 0 Å². The van der Waals surface area contributed by atoms with E-state index in [9.17, 15) is 13.2 Å². The number of unbranched alkanes of at least 4 members (excludes halogenated alkanes) is 14. The smallest absolute Gasteiger partial charge is 0.333 e. The van der Waals surface area contributed by atoms with Crippen molar-refractivity contribution in [3.8, 4) is 0 Å². The highest BCUT2D eigenvalue weighted by Crippen LogP contribution is 2.13. The van der Waals surface area contributed by atoms with Crippen LogP contribution in [0.25, 0.3) is 0 Å². The average molecular weight is 556 g/mol. The van der Waals surface area contributed by atoms with Gasteiger partial charge in [-0.3, -0.25) is 10.9 Å². The first-order chi connectivity index (χ1) is 18.5. The lowest BCUT2D eigenvalue weighted by Gasteiger charge is -2.10. The summed E-state index contributed by atoms with van der Waals surface area (Å²) in [5, 5.41) is 2.69. The van der Waals surface area contributed by atoms with Crippen LogP contribution in [0.1, 0.15) is 123 Å². The fraction of sp³-hybridized carbons (Fsp3) is 0.821. The topological polar surface area (TPSA) is 122 Å². The van der Waals surface area contributed by atoms with Gasteiger partial charge in [-0.1, -0.05) is 104 Å². The van der Waals surface area contributed by atoms with Gasteiger partial charge >= 0.3 is 6.03 Å². The summed E-state index contributed by atoms with van der Waals surface area (Å²) in [6.07, 6.45) is 22.4. The molecule has 38 heavy (non-hydrogen) atoms. The second-order valence-electron chi connectivity index (χ2n) is 9.98. The Morgan fingerprint density at radius 2 is 1.29 bits per heavy atom. The van der Waals surface area contributed by atoms with Crippen LogP contribution in [0.5, 0.6) is 0 Å². The zero-order chi connectivity index (χ0) is 27.7. The molecule has 0 unspecified atom stereocenters. The number of anilines is 1. The van der Waals surface area contributed by atoms with Crippen molar-refractivity contribution in [3.63, 3.8) is 0 Å². The van der Waals surface area contributed by atoms with Crippen molar-refractivity contribution >= 4 is 21.7 Å². The summed E-state index contributed by atoms with van der Waals surface area (Å²) in [6.45, 7) is 6.29. The van der Waals surface area contributed by atoms with Crippen LogP contribution in [0.2, 0.25) is 0 Å². The lowest BCUT2D eigenvalue weighted by molar-refractivity contribution is 0.127. The molecule has 9 nitrogen and oxygen atoms in total. The van der Waals surface area contributed by atoms with E-state index < -0.39 is 15.9 Å². The minimum absolute atomic E-state index is 0.0427. The van der Waals surface area contributed by atoms with Gasteiger partial charge in [0, 0.05) is 19.8 Å². The fourth-order valence-corrected chi connectivity index (χ4v) is 5.27. The van der Waals surface area contributed by atoms with Crippen molar-refractivity contribution in [2.45, 2.75) is 128 Å². The normalized spacial score (nSPS) is 11.4. The number of sulfone groups is 1. The Kier molecular flexibility index (Phi) is 20.6. The summed E-state index contributed by atoms with van der Waals surface area (Å²) in [4.78, 5) is 20.0. The number of hydrogen-bond donors (Lipinski definition) is 3. The van der Waals surface area contributed by atoms with Crippen molar-refractivity contribution in [3.05, 3.63) is 12.4 Å². The summed E-state index contributed by atoms with van der Waals surface area (Å²) < 4.78 is 30.5. The molecule has 10 heteroatoms. The highest BCUT2D eigenvalue weighted by molar-refractivity contribution is 7.91. The summed E-state index contributed by atoms with van der Waals surface area (Å²) >= 11 is 0. The maximum Gasteiger partial charge on any atom is 0.333 e. The van der Waals surface area contributed by atoms with E-state index in [1.807, 2.05) is 0 Å². The predicted molar refractivity (Wildman–Crippen MR) is 155 cm³/mol. The van der Waals surface area contributed by atoms with Gasteiger partial charge in [-0.25, -0.2) is 23.2 Å². The van der Waals surface area contributed by atoms with Gasteiger partial charge in [0.15, 0.2) is 20.7 Å². The van der Waals surface area contributed by atoms with Crippen molar-refractivity contribution in [2.75, 3.05) is 30.9 Å². The first kappa shape index (κ1) is 34.1. The molecule has 1 heterocycles. The van der Waals surface area contributed by atoms with Gasteiger partial charge in [0.2, 0.25) is 0 Å². The monoisotopic (exact) mass is 555 g/mol. The first-order valence-electron chi connectivity index (χ1n) is 14.9. The fourth-order valence-electron chi connectivity index (χ4n) is 4.05. The molecule has 0 fully saturated rings. The third kappa shape index (κ3) is 18.3. The minimum atomic E-state index is -3.45. The predicted octanol–water partition coefficient (Wildman–Crippen LogP) is 6.56. The van der Waals surface area contributed by atoms with Crippen LogP contribution in [0.15, 0.2) is 17.4 Å². The Hall–Kier alpha value is -1.94. The number of carbonyl (C=O) groups is 1. The molecule has 0 aromatic carbocycles. The Labute approximate surface area is 231 Å². The van der Waals surface area contributed by atoms with E-state index in [-0.39, 0.29) is 16.6 Å². The van der Waals surface area contributed by atoms with Crippen LogP contribution in [0.3, 0.4) is 0 Å². The van der Waals surface area contributed by atoms with Crippen LogP contribution in [-0.2, 0) is 14.6 Å². The first-order valence-corrected chi connectivity index (χ1v) is 16.6. The molecule has 1 aromatic heterocycles. The third-order valence-corrected chi connectivity index (χ3v) is 8.08. The molecule has 2 amide bonds. The lowest BCUT2D eigenvalue weighted by Crippen LogP contribution is -2.39. The summed E-state index contributed by atoms with van der Waals surface area (Å²) in [7, 11) is -3.45. The zero-order valence-corrected chi connectivity index (χ0v) is 24.8. The number of ether oxygens (including phenoxy) is 1. The molecule has 3 N–H and O–H groups in total. The number of rotatable bonds is 25. The van der Waals surface area contributed by atoms with Crippen molar-refractivity contribution in [1.82, 2.24) is 20.7 Å². The van der Waals surface area contributed by atoms with Gasteiger partial charge < -0.3 is 10.1 Å². The van der Waals surface area contributed by atoms with Gasteiger partial charge in [-0.15, -0.1) is 0 Å². The van der Waals surface area contributed by atoms with E-state index in [4.69, 9.17) is 4.74 Å². The molecule has 0 bridgehead atoms. The molecule has 1 aromatic rings. The molecule has 0 atom stereocenters. The second kappa shape index (κ2) is 23.0. The Morgan fingerprint density at radius 3 is 1.87 bits per heavy atom. The van der Waals surface area contributed by atoms with E-state index in [1.165, 1.54) is 83.0 Å². The number of nitrogens with one attached hydrogen (secondary N) is 3. The summed E-state index contributed by atoms with van der Waals surface area (Å²) in [5.41, 5.74) is 5.11. The molecule has 0 aliphatic heterocycles. The molecule has 0 aliphatic rings. The number of carbonyl (C=O) groups excluding carboxylic acids is 1. The van der Waals surface area contributed by atoms with Crippen LogP contribution in [-0.4, -0.2) is 49.9 Å². The van der Waals surface area contributed by atoms with E-state index in [0.29, 0.717) is 19.6 Å². The Bertz CT molecular complexity index is 806. The number of hydrogen-bond acceptors (Lipinski definition) is 7. The molecule has 0 aliphatic carbocycles. The maximum atomic E-state index is 12.4. The molecule has 0 saturated heterocycles. The average Bonchev–Trinajstić information content (AvgIpc) is 2.92. The standard InChI is InChI=1S/C28H53N5O4S/c1-3-5-7-9-11-12-13-14-15-17-21-37-22-19-20-29-28(34)33-32-26-24-31-27(25-30-26)38(35,36)23-18-16-10-8-6-4-2/h24-25H,3-23H2,1-2H3,(H,30,32)(H2,29,33,34). The molecule has 0 spiro atoms. The zero-order valence-electron chi connectivity index (χ0n) is 23.9. The summed E-state index contributed by atoms with van der Waals surface area (Å²) in [6, 6.07) is -0.402. The van der Waals surface area contributed by atoms with Crippen LogP contribution < -0.4 is 16.2 Å². The van der Waals surface area contributed by atoms with Crippen molar-refractivity contribution < 1.29 is 17.9 Å². The molecule has 0 radical (unpaired) electrons. The van der Waals surface area contributed by atoms with Gasteiger partial charge in [0.05, 0.1) is 18.1 Å². The number of urea groups is 1. The minimum Gasteiger partial charge on any atom is -0.381 e. The Morgan fingerprint density at radius 1 is 0.737 bits per heavy atom. The molecular weight excluding hydrogens is 502 g/mol. The lowest BCUT2D eigenvalue weighted by atomic mass is 10.1. The van der Waals surface area contributed by atoms with E-state index in [1.54, 1.807) is 0 Å². The Balaban J connectivity index is 2.02. The largest absolute Gasteiger partial charge is 0.381 e. The molecule has 0 saturated carbocycles. The summed E-state index contributed by atoms with van der Waals surface area (Å²) in [5.74, 6) is 0.336.